The third kappa shape index (κ3) is 13.5. The summed E-state index contributed by atoms with van der Waals surface area (Å²) >= 11 is 0. The summed E-state index contributed by atoms with van der Waals surface area (Å²) in [6.45, 7) is 0. The Morgan fingerprint density at radius 1 is 0.356 bits per heavy atom. The van der Waals surface area contributed by atoms with Crippen LogP contribution in [0.25, 0.3) is 68.3 Å². The highest BCUT2D eigenvalue weighted by Gasteiger charge is 2.21. The van der Waals surface area contributed by atoms with E-state index in [1.807, 2.05) is 170 Å². The fourth-order valence-electron chi connectivity index (χ4n) is 8.61. The Labute approximate surface area is 507 Å². The third-order valence-corrected chi connectivity index (χ3v) is 12.8. The van der Waals surface area contributed by atoms with Crippen LogP contribution in [0.1, 0.15) is 10.6 Å². The molecule has 0 saturated carbocycles. The molecule has 0 fully saturated rings. The van der Waals surface area contributed by atoms with Crippen molar-refractivity contribution >= 4 is 65.0 Å². The van der Waals surface area contributed by atoms with Crippen molar-refractivity contribution in [2.45, 2.75) is 6.42 Å². The minimum absolute atomic E-state index is 0.0792. The molecule has 0 bridgehead atoms. The second kappa shape index (κ2) is 25.7. The van der Waals surface area contributed by atoms with Gasteiger partial charge in [-0.25, -0.2) is 44.8 Å². The molecule has 0 saturated heterocycles. The molecule has 0 aliphatic carbocycles. The average molecular weight is 1190 g/mol. The number of anilines is 8. The molecular weight excluding hydrogens is 1150 g/mol. The second-order valence-corrected chi connectivity index (χ2v) is 19.1. The first-order valence-corrected chi connectivity index (χ1v) is 27.3. The number of amides is 2. The number of carbonyl (C=O) groups excluding carboxylic acids is 3. The van der Waals surface area contributed by atoms with Crippen molar-refractivity contribution in [3.05, 3.63) is 219 Å². The van der Waals surface area contributed by atoms with Gasteiger partial charge in [-0.05, 0) is 0 Å². The summed E-state index contributed by atoms with van der Waals surface area (Å²) < 4.78 is 3.00. The van der Waals surface area contributed by atoms with E-state index < -0.39 is 18.0 Å². The monoisotopic (exact) mass is 1190 g/mol. The molecule has 14 rings (SSSR count). The smallest absolute Gasteiger partial charge is 0.324 e. The Morgan fingerprint density at radius 2 is 0.678 bits per heavy atom. The van der Waals surface area contributed by atoms with Crippen molar-refractivity contribution in [2.75, 3.05) is 26.6 Å². The van der Waals surface area contributed by atoms with E-state index in [-0.39, 0.29) is 24.1 Å². The van der Waals surface area contributed by atoms with Gasteiger partial charge < -0.3 is 16.0 Å². The van der Waals surface area contributed by atoms with Crippen LogP contribution in [0.4, 0.5) is 56.7 Å². The summed E-state index contributed by atoms with van der Waals surface area (Å²) in [5.41, 5.74) is 5.52. The standard InChI is InChI=1S/C31H22N14O3.C29H23N13/c46-24(43-17-32-25(40-43)20-10-4-1-5-11-20)16-23-35-28(38-30(47)44-18-33-26(41-44)21-12-6-2-7-13-21)37-29(36-23)39-31(48)45-19-34-27(42-45)22-14-8-3-9-15-22;1-4-10-18(11-5-1)24-34-27(40-37-24)30-21-16-22(32-28-35-25(38-41-28)19-12-6-2-7-13-19)31-23(17-21)33-29-36-26(39-42-29)20-14-8-3-9-15-20/h1-15,17-19H,16H2,(H2,35,36,37,38,39,47,48);1-17H,(H6,30,31,32,33,34,35,36,37,38,39,40,41,42). The maximum Gasteiger partial charge on any atom is 0.350 e. The van der Waals surface area contributed by atoms with Crippen molar-refractivity contribution < 1.29 is 14.4 Å². The van der Waals surface area contributed by atoms with E-state index in [0.717, 1.165) is 36.3 Å². The number of rotatable bonds is 16. The highest BCUT2D eigenvalue weighted by Crippen LogP contribution is 2.27. The zero-order chi connectivity index (χ0) is 61.0. The van der Waals surface area contributed by atoms with E-state index in [1.54, 1.807) is 24.3 Å². The lowest BCUT2D eigenvalue weighted by Gasteiger charge is -2.10. The summed E-state index contributed by atoms with van der Waals surface area (Å²) in [6.07, 6.45) is 3.36. The Balaban J connectivity index is 0.000000167. The molecule has 2 amide bonds. The van der Waals surface area contributed by atoms with Crippen LogP contribution in [0.15, 0.2) is 213 Å². The summed E-state index contributed by atoms with van der Waals surface area (Å²) in [5.74, 6) is 3.88. The lowest BCUT2D eigenvalue weighted by molar-refractivity contribution is 0.0896. The number of benzene rings is 6. The first-order valence-electron chi connectivity index (χ1n) is 27.3. The van der Waals surface area contributed by atoms with Crippen molar-refractivity contribution in [2.24, 2.45) is 0 Å². The van der Waals surface area contributed by atoms with E-state index >= 15 is 0 Å². The molecule has 30 heteroatoms. The lowest BCUT2D eigenvalue weighted by atomic mass is 10.2. The predicted molar refractivity (Wildman–Crippen MR) is 329 cm³/mol. The second-order valence-electron chi connectivity index (χ2n) is 19.1. The fourth-order valence-corrected chi connectivity index (χ4v) is 8.61. The molecule has 30 nitrogen and oxygen atoms in total. The van der Waals surface area contributed by atoms with Crippen LogP contribution in [0.3, 0.4) is 0 Å². The number of aromatic amines is 3. The van der Waals surface area contributed by atoms with Crippen molar-refractivity contribution in [1.82, 2.24) is 110 Å². The molecule has 8 aromatic heterocycles. The molecule has 14 aromatic rings. The first kappa shape index (κ1) is 55.5. The van der Waals surface area contributed by atoms with E-state index in [0.29, 0.717) is 81.2 Å². The van der Waals surface area contributed by atoms with Gasteiger partial charge in [-0.3, -0.25) is 15.4 Å². The molecule has 0 aliphatic heterocycles. The number of carbonyl (C=O) groups is 3. The number of hydrogen-bond acceptors (Lipinski definition) is 22. The minimum atomic E-state index is -0.752. The Hall–Kier alpha value is -13.7. The highest BCUT2D eigenvalue weighted by atomic mass is 16.2. The topological polar surface area (TPSA) is 380 Å². The minimum Gasteiger partial charge on any atom is -0.324 e. The summed E-state index contributed by atoms with van der Waals surface area (Å²) in [5, 5.41) is 49.1. The summed E-state index contributed by atoms with van der Waals surface area (Å²) in [7, 11) is 0. The van der Waals surface area contributed by atoms with Crippen LogP contribution in [-0.2, 0) is 6.42 Å². The average Bonchev–Trinajstić information content (AvgIpc) is 4.52. The maximum absolute atomic E-state index is 13.2. The van der Waals surface area contributed by atoms with Gasteiger partial charge in [0, 0.05) is 51.2 Å². The molecule has 8 N–H and O–H groups in total. The molecule has 0 atom stereocenters. The number of nitrogens with zero attached hydrogens (tertiary/aromatic N) is 19. The van der Waals surface area contributed by atoms with E-state index in [9.17, 15) is 14.4 Å². The summed E-state index contributed by atoms with van der Waals surface area (Å²) in [4.78, 5) is 83.0. The molecule has 8 heterocycles. The van der Waals surface area contributed by atoms with Gasteiger partial charge in [0.25, 0.3) is 5.91 Å². The Bertz CT molecular complexity index is 4250. The highest BCUT2D eigenvalue weighted by molar-refractivity contribution is 5.91. The van der Waals surface area contributed by atoms with Crippen LogP contribution in [0.5, 0.6) is 0 Å². The van der Waals surface area contributed by atoms with E-state index in [2.05, 4.69) is 117 Å². The molecule has 438 valence electrons. The van der Waals surface area contributed by atoms with Crippen LogP contribution < -0.4 is 26.6 Å². The number of aromatic nitrogens is 22. The van der Waals surface area contributed by atoms with E-state index in [1.165, 1.54) is 19.0 Å². The molecule has 6 aromatic carbocycles. The molecule has 90 heavy (non-hydrogen) atoms. The van der Waals surface area contributed by atoms with Gasteiger partial charge in [-0.2, -0.15) is 59.2 Å². The van der Waals surface area contributed by atoms with Gasteiger partial charge in [0.15, 0.2) is 34.9 Å². The normalized spacial score (nSPS) is 10.8. The van der Waals surface area contributed by atoms with Crippen molar-refractivity contribution in [3.63, 3.8) is 0 Å². The number of H-pyrrole nitrogens is 3. The Morgan fingerprint density at radius 3 is 1.04 bits per heavy atom. The first-order chi connectivity index (χ1) is 44.2. The van der Waals surface area contributed by atoms with Crippen molar-refractivity contribution in [3.8, 4) is 68.3 Å². The number of hydrogen-bond donors (Lipinski definition) is 8. The number of pyridine rings is 1. The van der Waals surface area contributed by atoms with Crippen LogP contribution >= 0.6 is 0 Å². The molecule has 0 radical (unpaired) electrons. The molecule has 0 unspecified atom stereocenters. The van der Waals surface area contributed by atoms with Gasteiger partial charge in [-0.15, -0.1) is 15.3 Å². The number of nitrogens with one attached hydrogen (secondary N) is 8. The zero-order valence-electron chi connectivity index (χ0n) is 46.6. The van der Waals surface area contributed by atoms with Gasteiger partial charge in [-0.1, -0.05) is 182 Å². The molecule has 0 spiro atoms. The van der Waals surface area contributed by atoms with E-state index in [4.69, 9.17) is 4.98 Å². The maximum atomic E-state index is 13.2. The fraction of sp³-hybridized carbons (Fsp3) is 0.0167. The van der Waals surface area contributed by atoms with Gasteiger partial charge >= 0.3 is 12.1 Å². The summed E-state index contributed by atoms with van der Waals surface area (Å²) in [6, 6.07) is 58.6. The lowest BCUT2D eigenvalue weighted by Crippen LogP contribution is -2.25. The zero-order valence-corrected chi connectivity index (χ0v) is 46.6. The van der Waals surface area contributed by atoms with Crippen LogP contribution in [0.2, 0.25) is 0 Å². The largest absolute Gasteiger partial charge is 0.350 e. The quantitative estimate of drug-likeness (QED) is 0.0446. The van der Waals surface area contributed by atoms with Gasteiger partial charge in [0.05, 0.1) is 6.42 Å². The predicted octanol–water partition coefficient (Wildman–Crippen LogP) is 9.36. The molecular formula is C60H45N27O3. The van der Waals surface area contributed by atoms with Crippen molar-refractivity contribution in [1.29, 1.82) is 0 Å². The SMILES string of the molecule is O=C(Cc1nc(NC(=O)n2cnc(-c3ccccc3)n2)nc(NC(=O)n2cnc(-c3ccccc3)n2)n1)n1cnc(-c2ccccc2)n1.c1ccc(-c2n[nH]c(Nc3cc(Nc4nc(-c5ccccc5)n[nH]4)nc(Nc4nc(-c5ccccc5)n[nH]4)c3)n2)cc1. The van der Waals surface area contributed by atoms with Crippen LogP contribution in [0, 0.1) is 0 Å². The van der Waals surface area contributed by atoms with Gasteiger partial charge in [0.1, 0.15) is 36.4 Å². The van der Waals surface area contributed by atoms with Crippen LogP contribution in [-0.4, -0.2) is 128 Å². The third-order valence-electron chi connectivity index (χ3n) is 12.8. The Kier molecular flexibility index (Phi) is 15.8. The van der Waals surface area contributed by atoms with Gasteiger partial charge in [0.2, 0.25) is 29.7 Å². The molecule has 0 aliphatic rings.